The number of ether oxygens (including phenoxy) is 1. The van der Waals surface area contributed by atoms with Crippen LogP contribution in [0.2, 0.25) is 0 Å². The van der Waals surface area contributed by atoms with E-state index < -0.39 is 0 Å². The first kappa shape index (κ1) is 23.5. The molecule has 2 unspecified atom stereocenters. The number of rotatable bonds is 5. The van der Waals surface area contributed by atoms with Crippen LogP contribution in [0.4, 0.5) is 5.82 Å². The molecule has 3 rings (SSSR count). The number of guanidine groups is 1. The summed E-state index contributed by atoms with van der Waals surface area (Å²) in [5.41, 5.74) is 1.15. The van der Waals surface area contributed by atoms with E-state index in [-0.39, 0.29) is 30.1 Å². The van der Waals surface area contributed by atoms with Crippen LogP contribution < -0.4 is 10.2 Å². The monoisotopic (exact) mass is 519 g/mol. The van der Waals surface area contributed by atoms with Gasteiger partial charge < -0.3 is 19.9 Å². The van der Waals surface area contributed by atoms with Crippen molar-refractivity contribution < 1.29 is 4.74 Å². The molecule has 6 nitrogen and oxygen atoms in total. The van der Waals surface area contributed by atoms with Gasteiger partial charge in [-0.25, -0.2) is 9.98 Å². The van der Waals surface area contributed by atoms with Crippen LogP contribution in [-0.2, 0) is 11.3 Å². The molecular weight excluding hydrogens is 485 g/mol. The summed E-state index contributed by atoms with van der Waals surface area (Å²) >= 11 is 2.08. The Morgan fingerprint density at radius 2 is 2.18 bits per heavy atom. The zero-order valence-electron chi connectivity index (χ0n) is 17.3. The van der Waals surface area contributed by atoms with Crippen LogP contribution in [0.15, 0.2) is 23.3 Å². The molecule has 2 atom stereocenters. The molecular formula is C20H34IN5OS. The Morgan fingerprint density at radius 3 is 2.86 bits per heavy atom. The Morgan fingerprint density at radius 1 is 1.32 bits per heavy atom. The maximum absolute atomic E-state index is 5.61. The molecule has 0 saturated carbocycles. The highest BCUT2D eigenvalue weighted by atomic mass is 127. The summed E-state index contributed by atoms with van der Waals surface area (Å²) in [4.78, 5) is 14.2. The third-order valence-electron chi connectivity index (χ3n) is 5.01. The first-order chi connectivity index (χ1) is 13.2. The van der Waals surface area contributed by atoms with Gasteiger partial charge in [0.1, 0.15) is 5.82 Å². The van der Waals surface area contributed by atoms with Crippen LogP contribution in [0.25, 0.3) is 0 Å². The van der Waals surface area contributed by atoms with E-state index in [4.69, 9.17) is 9.73 Å². The normalized spacial score (nSPS) is 23.3. The van der Waals surface area contributed by atoms with Gasteiger partial charge in [0.2, 0.25) is 0 Å². The van der Waals surface area contributed by atoms with Crippen molar-refractivity contribution in [2.75, 3.05) is 50.0 Å². The Kier molecular flexibility index (Phi) is 10.1. The van der Waals surface area contributed by atoms with E-state index in [1.54, 1.807) is 0 Å². The van der Waals surface area contributed by atoms with Crippen LogP contribution in [-0.4, -0.2) is 72.3 Å². The summed E-state index contributed by atoms with van der Waals surface area (Å²) in [6.45, 7) is 12.8. The van der Waals surface area contributed by atoms with E-state index in [0.29, 0.717) is 11.8 Å². The topological polar surface area (TPSA) is 53.0 Å². The van der Waals surface area contributed by atoms with E-state index in [9.17, 15) is 0 Å². The van der Waals surface area contributed by atoms with Crippen LogP contribution in [0.1, 0.15) is 32.8 Å². The summed E-state index contributed by atoms with van der Waals surface area (Å²) in [5, 5.41) is 4.17. The van der Waals surface area contributed by atoms with Crippen LogP contribution in [0.3, 0.4) is 0 Å². The van der Waals surface area contributed by atoms with Crippen LogP contribution in [0.5, 0.6) is 0 Å². The van der Waals surface area contributed by atoms with Gasteiger partial charge in [-0.2, -0.15) is 11.8 Å². The molecule has 1 aromatic heterocycles. The Balaban J connectivity index is 0.00000280. The minimum atomic E-state index is 0. The van der Waals surface area contributed by atoms with Gasteiger partial charge in [-0.3, -0.25) is 0 Å². The molecule has 2 aliphatic heterocycles. The molecule has 0 bridgehead atoms. The molecule has 0 aromatic carbocycles. The second-order valence-electron chi connectivity index (χ2n) is 7.17. The summed E-state index contributed by atoms with van der Waals surface area (Å²) in [7, 11) is 0. The molecule has 2 saturated heterocycles. The zero-order valence-corrected chi connectivity index (χ0v) is 20.4. The van der Waals surface area contributed by atoms with Gasteiger partial charge in [0.15, 0.2) is 5.96 Å². The molecule has 3 heterocycles. The number of aromatic nitrogens is 1. The minimum Gasteiger partial charge on any atom is -0.375 e. The van der Waals surface area contributed by atoms with Crippen molar-refractivity contribution in [3.8, 4) is 0 Å². The number of nitrogens with zero attached hydrogens (tertiary/aromatic N) is 4. The molecule has 2 aliphatic rings. The number of halogens is 1. The number of anilines is 1. The van der Waals surface area contributed by atoms with E-state index >= 15 is 0 Å². The largest absolute Gasteiger partial charge is 0.375 e. The quantitative estimate of drug-likeness (QED) is 0.367. The van der Waals surface area contributed by atoms with Crippen LogP contribution in [0, 0.1) is 0 Å². The molecule has 1 aromatic rings. The third kappa shape index (κ3) is 6.66. The van der Waals surface area contributed by atoms with Crippen molar-refractivity contribution in [1.29, 1.82) is 0 Å². The second kappa shape index (κ2) is 12.1. The van der Waals surface area contributed by atoms with Crippen molar-refractivity contribution in [3.63, 3.8) is 0 Å². The third-order valence-corrected chi connectivity index (χ3v) is 6.39. The maximum atomic E-state index is 5.61. The van der Waals surface area contributed by atoms with E-state index in [1.165, 1.54) is 12.2 Å². The molecule has 0 aliphatic carbocycles. The zero-order chi connectivity index (χ0) is 19.1. The highest BCUT2D eigenvalue weighted by Gasteiger charge is 2.21. The molecule has 2 fully saturated rings. The number of hydrogen-bond acceptors (Lipinski definition) is 5. The number of morpholine rings is 1. The molecule has 0 radical (unpaired) electrons. The molecule has 0 spiro atoms. The summed E-state index contributed by atoms with van der Waals surface area (Å²) in [5.74, 6) is 3.24. The van der Waals surface area contributed by atoms with Crippen molar-refractivity contribution in [1.82, 2.24) is 15.2 Å². The highest BCUT2D eigenvalue weighted by Crippen LogP contribution is 2.21. The number of nitrogens with one attached hydrogen (secondary N) is 1. The highest BCUT2D eigenvalue weighted by molar-refractivity contribution is 14.0. The first-order valence-electron chi connectivity index (χ1n) is 10.2. The SMILES string of the molecule is CCNC(=NCc1ccc(N2CCOC(C)C2)nc1)N1CCSC(CC)C1.I. The standard InChI is InChI=1S/C20H33N5OS.HI/c1-4-18-15-25(9-11-27-18)20(21-5-2)23-13-17-6-7-19(22-12-17)24-8-10-26-16(3)14-24;/h6-7,12,16,18H,4-5,8-11,13-15H2,1-3H3,(H,21,23);1H. The fourth-order valence-electron chi connectivity index (χ4n) is 3.47. The molecule has 0 amide bonds. The number of hydrogen-bond donors (Lipinski definition) is 1. The molecule has 1 N–H and O–H groups in total. The lowest BCUT2D eigenvalue weighted by Gasteiger charge is -2.34. The average Bonchev–Trinajstić information content (AvgIpc) is 2.71. The lowest BCUT2D eigenvalue weighted by Crippen LogP contribution is -2.48. The van der Waals surface area contributed by atoms with Crippen molar-refractivity contribution >= 4 is 47.5 Å². The van der Waals surface area contributed by atoms with E-state index in [0.717, 1.165) is 56.7 Å². The van der Waals surface area contributed by atoms with Crippen LogP contribution >= 0.6 is 35.7 Å². The Bertz CT molecular complexity index is 615. The fourth-order valence-corrected chi connectivity index (χ4v) is 4.65. The summed E-state index contributed by atoms with van der Waals surface area (Å²) in [6, 6.07) is 4.26. The van der Waals surface area contributed by atoms with Gasteiger partial charge in [0, 0.05) is 49.9 Å². The average molecular weight is 519 g/mol. The first-order valence-corrected chi connectivity index (χ1v) is 11.2. The summed E-state index contributed by atoms with van der Waals surface area (Å²) < 4.78 is 5.61. The molecule has 8 heteroatoms. The minimum absolute atomic E-state index is 0. The van der Waals surface area contributed by atoms with Crippen molar-refractivity contribution in [3.05, 3.63) is 23.9 Å². The fraction of sp³-hybridized carbons (Fsp3) is 0.700. The van der Waals surface area contributed by atoms with Gasteiger partial charge in [-0.15, -0.1) is 24.0 Å². The lowest BCUT2D eigenvalue weighted by atomic mass is 10.2. The lowest BCUT2D eigenvalue weighted by molar-refractivity contribution is 0.0529. The molecule has 28 heavy (non-hydrogen) atoms. The Hall–Kier alpha value is -0.740. The number of aliphatic imine (C=N–C) groups is 1. The van der Waals surface area contributed by atoms with Gasteiger partial charge in [0.25, 0.3) is 0 Å². The van der Waals surface area contributed by atoms with Crippen molar-refractivity contribution in [2.45, 2.75) is 45.1 Å². The second-order valence-corrected chi connectivity index (χ2v) is 8.58. The predicted molar refractivity (Wildman–Crippen MR) is 130 cm³/mol. The molecule has 158 valence electrons. The van der Waals surface area contributed by atoms with Crippen molar-refractivity contribution in [2.24, 2.45) is 4.99 Å². The Labute approximate surface area is 190 Å². The van der Waals surface area contributed by atoms with E-state index in [2.05, 4.69) is 64.8 Å². The van der Waals surface area contributed by atoms with E-state index in [1.807, 2.05) is 6.20 Å². The summed E-state index contributed by atoms with van der Waals surface area (Å²) in [6.07, 6.45) is 3.44. The maximum Gasteiger partial charge on any atom is 0.194 e. The van der Waals surface area contributed by atoms with Gasteiger partial charge in [-0.1, -0.05) is 13.0 Å². The predicted octanol–water partition coefficient (Wildman–Crippen LogP) is 3.22. The number of pyridine rings is 1. The van der Waals surface area contributed by atoms with Gasteiger partial charge in [-0.05, 0) is 31.9 Å². The smallest absolute Gasteiger partial charge is 0.194 e. The number of thioether (sulfide) groups is 1. The van der Waals surface area contributed by atoms with Gasteiger partial charge in [0.05, 0.1) is 19.3 Å². The van der Waals surface area contributed by atoms with Gasteiger partial charge >= 0.3 is 0 Å².